The Labute approximate surface area is 132 Å². The van der Waals surface area contributed by atoms with E-state index < -0.39 is 0 Å². The van der Waals surface area contributed by atoms with Crippen molar-refractivity contribution >= 4 is 11.6 Å². The van der Waals surface area contributed by atoms with E-state index in [0.717, 1.165) is 23.6 Å². The lowest BCUT2D eigenvalue weighted by atomic mass is 10.1. The predicted molar refractivity (Wildman–Crippen MR) is 89.3 cm³/mol. The van der Waals surface area contributed by atoms with Crippen LogP contribution in [0.25, 0.3) is 0 Å². The molecular formula is C18H22ClNO. The average molecular weight is 304 g/mol. The molecule has 0 saturated heterocycles. The van der Waals surface area contributed by atoms with Crippen molar-refractivity contribution < 1.29 is 4.74 Å². The molecule has 1 N–H and O–H groups in total. The van der Waals surface area contributed by atoms with Gasteiger partial charge in [0.1, 0.15) is 11.5 Å². The predicted octanol–water partition coefficient (Wildman–Crippen LogP) is 5.33. The second-order valence-electron chi connectivity index (χ2n) is 6.26. The fourth-order valence-corrected chi connectivity index (χ4v) is 2.06. The first-order valence-corrected chi connectivity index (χ1v) is 7.49. The summed E-state index contributed by atoms with van der Waals surface area (Å²) in [6, 6.07) is 13.7. The van der Waals surface area contributed by atoms with Crippen LogP contribution in [0.5, 0.6) is 11.5 Å². The van der Waals surface area contributed by atoms with Crippen molar-refractivity contribution in [2.45, 2.75) is 39.8 Å². The zero-order chi connectivity index (χ0) is 15.5. The summed E-state index contributed by atoms with van der Waals surface area (Å²) in [5.41, 5.74) is 2.50. The molecule has 0 aliphatic carbocycles. The molecule has 2 nitrogen and oxygen atoms in total. The summed E-state index contributed by atoms with van der Waals surface area (Å²) in [6.45, 7) is 9.41. The number of hydrogen-bond donors (Lipinski definition) is 1. The van der Waals surface area contributed by atoms with Gasteiger partial charge in [-0.25, -0.2) is 0 Å². The molecule has 112 valence electrons. The number of hydrogen-bond acceptors (Lipinski definition) is 2. The van der Waals surface area contributed by atoms with E-state index in [4.69, 9.17) is 16.3 Å². The minimum Gasteiger partial charge on any atom is -0.457 e. The topological polar surface area (TPSA) is 21.3 Å². The molecule has 0 fully saturated rings. The molecule has 0 bridgehead atoms. The Bertz CT molecular complexity index is 600. The molecule has 2 aromatic carbocycles. The van der Waals surface area contributed by atoms with Crippen molar-refractivity contribution in [2.75, 3.05) is 0 Å². The molecule has 0 unspecified atom stereocenters. The van der Waals surface area contributed by atoms with Gasteiger partial charge in [0.05, 0.1) is 0 Å². The van der Waals surface area contributed by atoms with Crippen LogP contribution < -0.4 is 10.1 Å². The lowest BCUT2D eigenvalue weighted by Crippen LogP contribution is -2.35. The van der Waals surface area contributed by atoms with Crippen LogP contribution in [0.15, 0.2) is 42.5 Å². The molecular weight excluding hydrogens is 282 g/mol. The fourth-order valence-electron chi connectivity index (χ4n) is 1.93. The fraction of sp³-hybridized carbons (Fsp3) is 0.333. The first-order valence-electron chi connectivity index (χ1n) is 7.11. The highest BCUT2D eigenvalue weighted by Crippen LogP contribution is 2.26. The molecule has 0 spiro atoms. The van der Waals surface area contributed by atoms with Crippen LogP contribution in [0.1, 0.15) is 31.9 Å². The molecule has 2 rings (SSSR count). The second kappa shape index (κ2) is 6.50. The van der Waals surface area contributed by atoms with Crippen LogP contribution in [0.2, 0.25) is 5.02 Å². The summed E-state index contributed by atoms with van der Waals surface area (Å²) in [7, 11) is 0. The third kappa shape index (κ3) is 5.07. The first-order chi connectivity index (χ1) is 9.83. The second-order valence-corrected chi connectivity index (χ2v) is 6.70. The van der Waals surface area contributed by atoms with E-state index in [-0.39, 0.29) is 5.54 Å². The molecule has 0 aliphatic heterocycles. The molecule has 0 aliphatic rings. The standard InChI is InChI=1S/C18H22ClNO/c1-13-11-14(12-20-18(2,3)4)5-10-17(13)21-16-8-6-15(19)7-9-16/h5-11,20H,12H2,1-4H3. The number of benzene rings is 2. The minimum absolute atomic E-state index is 0.117. The maximum absolute atomic E-state index is 5.89. The van der Waals surface area contributed by atoms with E-state index in [0.29, 0.717) is 5.02 Å². The van der Waals surface area contributed by atoms with E-state index in [2.05, 4.69) is 45.1 Å². The van der Waals surface area contributed by atoms with Gasteiger partial charge in [-0.3, -0.25) is 0 Å². The smallest absolute Gasteiger partial charge is 0.130 e. The first kappa shape index (κ1) is 15.9. The Morgan fingerprint density at radius 1 is 1.05 bits per heavy atom. The van der Waals surface area contributed by atoms with Crippen molar-refractivity contribution in [1.29, 1.82) is 0 Å². The van der Waals surface area contributed by atoms with Crippen LogP contribution in [0, 0.1) is 6.92 Å². The van der Waals surface area contributed by atoms with E-state index >= 15 is 0 Å². The Balaban J connectivity index is 2.07. The van der Waals surface area contributed by atoms with Crippen LogP contribution in [-0.2, 0) is 6.54 Å². The van der Waals surface area contributed by atoms with Gasteiger partial charge in [-0.1, -0.05) is 23.7 Å². The molecule has 0 saturated carbocycles. The molecule has 0 atom stereocenters. The molecule has 0 radical (unpaired) electrons. The lowest BCUT2D eigenvalue weighted by Gasteiger charge is -2.21. The molecule has 0 heterocycles. The highest BCUT2D eigenvalue weighted by atomic mass is 35.5. The monoisotopic (exact) mass is 303 g/mol. The van der Waals surface area contributed by atoms with Crippen LogP contribution >= 0.6 is 11.6 Å². The summed E-state index contributed by atoms with van der Waals surface area (Å²) < 4.78 is 5.89. The molecule has 21 heavy (non-hydrogen) atoms. The number of aryl methyl sites for hydroxylation is 1. The highest BCUT2D eigenvalue weighted by Gasteiger charge is 2.09. The van der Waals surface area contributed by atoms with Gasteiger partial charge in [0, 0.05) is 17.1 Å². The average Bonchev–Trinajstić information content (AvgIpc) is 2.41. The Morgan fingerprint density at radius 2 is 1.71 bits per heavy atom. The van der Waals surface area contributed by atoms with Gasteiger partial charge in [-0.15, -0.1) is 0 Å². The summed E-state index contributed by atoms with van der Waals surface area (Å²) in [5, 5.41) is 4.20. The highest BCUT2D eigenvalue weighted by molar-refractivity contribution is 6.30. The van der Waals surface area contributed by atoms with Crippen LogP contribution in [-0.4, -0.2) is 5.54 Å². The Hall–Kier alpha value is -1.51. The Morgan fingerprint density at radius 3 is 2.29 bits per heavy atom. The molecule has 0 aromatic heterocycles. The van der Waals surface area contributed by atoms with Crippen molar-refractivity contribution in [3.8, 4) is 11.5 Å². The summed E-state index contributed by atoms with van der Waals surface area (Å²) >= 11 is 5.88. The number of nitrogens with one attached hydrogen (secondary N) is 1. The van der Waals surface area contributed by atoms with E-state index in [1.165, 1.54) is 5.56 Å². The third-order valence-electron chi connectivity index (χ3n) is 3.10. The SMILES string of the molecule is Cc1cc(CNC(C)(C)C)ccc1Oc1ccc(Cl)cc1. The van der Waals surface area contributed by atoms with Crippen molar-refractivity contribution in [2.24, 2.45) is 0 Å². The maximum Gasteiger partial charge on any atom is 0.130 e. The quantitative estimate of drug-likeness (QED) is 0.824. The van der Waals surface area contributed by atoms with E-state index in [1.54, 1.807) is 0 Å². The molecule has 2 aromatic rings. The van der Waals surface area contributed by atoms with Gasteiger partial charge >= 0.3 is 0 Å². The normalized spacial score (nSPS) is 11.5. The van der Waals surface area contributed by atoms with Crippen LogP contribution in [0.4, 0.5) is 0 Å². The Kier molecular flexibility index (Phi) is 4.92. The minimum atomic E-state index is 0.117. The van der Waals surface area contributed by atoms with Gasteiger partial charge in [0.15, 0.2) is 0 Å². The lowest BCUT2D eigenvalue weighted by molar-refractivity contribution is 0.424. The zero-order valence-corrected chi connectivity index (χ0v) is 13.8. The summed E-state index contributed by atoms with van der Waals surface area (Å²) in [6.07, 6.45) is 0. The van der Waals surface area contributed by atoms with E-state index in [1.807, 2.05) is 30.3 Å². The maximum atomic E-state index is 5.89. The van der Waals surface area contributed by atoms with Gasteiger partial charge in [-0.05, 0) is 69.2 Å². The van der Waals surface area contributed by atoms with Gasteiger partial charge in [0.25, 0.3) is 0 Å². The number of ether oxygens (including phenoxy) is 1. The van der Waals surface area contributed by atoms with Gasteiger partial charge in [0.2, 0.25) is 0 Å². The molecule has 0 amide bonds. The van der Waals surface area contributed by atoms with Crippen molar-refractivity contribution in [3.05, 3.63) is 58.6 Å². The van der Waals surface area contributed by atoms with Crippen molar-refractivity contribution in [3.63, 3.8) is 0 Å². The zero-order valence-electron chi connectivity index (χ0n) is 13.0. The van der Waals surface area contributed by atoms with Crippen molar-refractivity contribution in [1.82, 2.24) is 5.32 Å². The largest absolute Gasteiger partial charge is 0.457 e. The summed E-state index contributed by atoms with van der Waals surface area (Å²) in [4.78, 5) is 0. The van der Waals surface area contributed by atoms with Gasteiger partial charge < -0.3 is 10.1 Å². The van der Waals surface area contributed by atoms with E-state index in [9.17, 15) is 0 Å². The van der Waals surface area contributed by atoms with Gasteiger partial charge in [-0.2, -0.15) is 0 Å². The van der Waals surface area contributed by atoms with Crippen LogP contribution in [0.3, 0.4) is 0 Å². The third-order valence-corrected chi connectivity index (χ3v) is 3.36. The summed E-state index contributed by atoms with van der Waals surface area (Å²) in [5.74, 6) is 1.67. The number of rotatable bonds is 4. The number of halogens is 1. The molecule has 3 heteroatoms.